The summed E-state index contributed by atoms with van der Waals surface area (Å²) in [6.07, 6.45) is 2.59. The van der Waals surface area contributed by atoms with Gasteiger partial charge in [-0.15, -0.1) is 0 Å². The van der Waals surface area contributed by atoms with Gasteiger partial charge in [-0.25, -0.2) is 0 Å². The molecule has 1 unspecified atom stereocenters. The number of hydrogen-bond donors (Lipinski definition) is 2. The Hall–Kier alpha value is -0.860. The first-order valence-corrected chi connectivity index (χ1v) is 6.16. The van der Waals surface area contributed by atoms with Gasteiger partial charge >= 0.3 is 0 Å². The molecule has 0 radical (unpaired) electrons. The van der Waals surface area contributed by atoms with Gasteiger partial charge in [0.25, 0.3) is 0 Å². The molecule has 1 saturated carbocycles. The summed E-state index contributed by atoms with van der Waals surface area (Å²) >= 11 is 0. The van der Waals surface area contributed by atoms with Crippen LogP contribution in [0.2, 0.25) is 0 Å². The molecule has 0 heterocycles. The van der Waals surface area contributed by atoms with E-state index < -0.39 is 0 Å². The monoisotopic (exact) mass is 218 g/mol. The summed E-state index contributed by atoms with van der Waals surface area (Å²) in [6.45, 7) is 5.25. The third kappa shape index (κ3) is 2.63. The molecule has 0 saturated heterocycles. The molecule has 0 spiro atoms. The van der Waals surface area contributed by atoms with Gasteiger partial charge in [-0.3, -0.25) is 0 Å². The molecule has 2 rings (SSSR count). The first-order chi connectivity index (χ1) is 7.58. The van der Waals surface area contributed by atoms with Crippen LogP contribution < -0.4 is 11.1 Å². The van der Waals surface area contributed by atoms with Crippen LogP contribution in [-0.4, -0.2) is 12.6 Å². The molecule has 0 aliphatic heterocycles. The van der Waals surface area contributed by atoms with Crippen LogP contribution in [0.5, 0.6) is 0 Å². The first-order valence-electron chi connectivity index (χ1n) is 6.16. The topological polar surface area (TPSA) is 38.0 Å². The van der Waals surface area contributed by atoms with E-state index in [1.807, 2.05) is 18.2 Å². The maximum absolute atomic E-state index is 6.34. The van der Waals surface area contributed by atoms with Crippen molar-refractivity contribution in [2.75, 3.05) is 6.54 Å². The number of nitrogens with one attached hydrogen (secondary N) is 1. The summed E-state index contributed by atoms with van der Waals surface area (Å²) in [7, 11) is 0. The summed E-state index contributed by atoms with van der Waals surface area (Å²) in [6, 6.07) is 11.0. The fraction of sp³-hybridized carbons (Fsp3) is 0.571. The van der Waals surface area contributed by atoms with Crippen LogP contribution in [-0.2, 0) is 5.54 Å². The van der Waals surface area contributed by atoms with Gasteiger partial charge in [-0.2, -0.15) is 0 Å². The largest absolute Gasteiger partial charge is 0.321 e. The molecule has 2 heteroatoms. The highest BCUT2D eigenvalue weighted by atomic mass is 15.0. The van der Waals surface area contributed by atoms with Crippen molar-refractivity contribution < 1.29 is 0 Å². The second-order valence-electron chi connectivity index (χ2n) is 5.44. The Labute approximate surface area is 98.2 Å². The van der Waals surface area contributed by atoms with Gasteiger partial charge in [-0.05, 0) is 31.2 Å². The zero-order valence-corrected chi connectivity index (χ0v) is 10.2. The highest BCUT2D eigenvalue weighted by molar-refractivity contribution is 5.23. The van der Waals surface area contributed by atoms with Gasteiger partial charge in [0.15, 0.2) is 0 Å². The molecular formula is C14H22N2. The van der Waals surface area contributed by atoms with Crippen LogP contribution in [0, 0.1) is 5.92 Å². The summed E-state index contributed by atoms with van der Waals surface area (Å²) in [5.41, 5.74) is 7.28. The Morgan fingerprint density at radius 2 is 1.94 bits per heavy atom. The van der Waals surface area contributed by atoms with Crippen molar-refractivity contribution in [3.63, 3.8) is 0 Å². The average molecular weight is 218 g/mol. The molecular weight excluding hydrogens is 196 g/mol. The van der Waals surface area contributed by atoms with Gasteiger partial charge in [0.1, 0.15) is 0 Å². The van der Waals surface area contributed by atoms with Crippen molar-refractivity contribution in [2.24, 2.45) is 11.7 Å². The van der Waals surface area contributed by atoms with E-state index in [4.69, 9.17) is 5.73 Å². The lowest BCUT2D eigenvalue weighted by molar-refractivity contribution is 0.227. The lowest BCUT2D eigenvalue weighted by Crippen LogP contribution is -2.49. The minimum Gasteiger partial charge on any atom is -0.321 e. The molecule has 2 nitrogen and oxygen atoms in total. The van der Waals surface area contributed by atoms with Gasteiger partial charge < -0.3 is 11.1 Å². The van der Waals surface area contributed by atoms with E-state index >= 15 is 0 Å². The quantitative estimate of drug-likeness (QED) is 0.813. The number of benzene rings is 1. The Balaban J connectivity index is 1.88. The van der Waals surface area contributed by atoms with Crippen molar-refractivity contribution in [3.8, 4) is 0 Å². The lowest BCUT2D eigenvalue weighted by atomic mass is 9.81. The average Bonchev–Trinajstić information content (AvgIpc) is 2.24. The molecule has 0 amide bonds. The fourth-order valence-electron chi connectivity index (χ4n) is 2.35. The van der Waals surface area contributed by atoms with E-state index in [9.17, 15) is 0 Å². The van der Waals surface area contributed by atoms with E-state index in [0.717, 1.165) is 12.5 Å². The Morgan fingerprint density at radius 1 is 1.31 bits per heavy atom. The highest BCUT2D eigenvalue weighted by Crippen LogP contribution is 2.27. The van der Waals surface area contributed by atoms with Gasteiger partial charge in [0.05, 0.1) is 5.54 Å². The molecule has 1 fully saturated rings. The van der Waals surface area contributed by atoms with Crippen LogP contribution in [0.4, 0.5) is 0 Å². The first kappa shape index (κ1) is 11.6. The summed E-state index contributed by atoms with van der Waals surface area (Å²) in [5, 5.41) is 3.56. The maximum atomic E-state index is 6.34. The number of nitrogens with two attached hydrogens (primary N) is 1. The van der Waals surface area contributed by atoms with E-state index in [1.54, 1.807) is 0 Å². The van der Waals surface area contributed by atoms with Crippen LogP contribution in [0.15, 0.2) is 30.3 Å². The smallest absolute Gasteiger partial charge is 0.0507 e. The number of hydrogen-bond acceptors (Lipinski definition) is 2. The standard InChI is InChI=1S/C14H22N2/c1-11-8-13(9-11)16-10-14(2,15)12-6-4-3-5-7-12/h3-7,11,13,16H,8-10,15H2,1-2H3. The van der Waals surface area contributed by atoms with Crippen molar-refractivity contribution in [1.82, 2.24) is 5.32 Å². The van der Waals surface area contributed by atoms with Gasteiger partial charge in [-0.1, -0.05) is 37.3 Å². The van der Waals surface area contributed by atoms with Crippen LogP contribution in [0.25, 0.3) is 0 Å². The second kappa shape index (κ2) is 4.56. The van der Waals surface area contributed by atoms with Crippen molar-refractivity contribution >= 4 is 0 Å². The van der Waals surface area contributed by atoms with E-state index in [0.29, 0.717) is 6.04 Å². The van der Waals surface area contributed by atoms with E-state index in [-0.39, 0.29) is 5.54 Å². The Kier molecular flexibility index (Phi) is 3.31. The predicted octanol–water partition coefficient (Wildman–Crippen LogP) is 2.25. The molecule has 88 valence electrons. The zero-order valence-electron chi connectivity index (χ0n) is 10.2. The molecule has 1 aromatic carbocycles. The van der Waals surface area contributed by atoms with Gasteiger partial charge in [0, 0.05) is 12.6 Å². The van der Waals surface area contributed by atoms with E-state index in [2.05, 4.69) is 31.3 Å². The molecule has 1 aliphatic rings. The zero-order chi connectivity index (χ0) is 11.6. The third-order valence-electron chi connectivity index (χ3n) is 3.56. The highest BCUT2D eigenvalue weighted by Gasteiger charge is 2.28. The summed E-state index contributed by atoms with van der Waals surface area (Å²) in [4.78, 5) is 0. The molecule has 0 aromatic heterocycles. The second-order valence-corrected chi connectivity index (χ2v) is 5.44. The minimum absolute atomic E-state index is 0.264. The maximum Gasteiger partial charge on any atom is 0.0507 e. The molecule has 1 aliphatic carbocycles. The fourth-order valence-corrected chi connectivity index (χ4v) is 2.35. The van der Waals surface area contributed by atoms with Crippen molar-refractivity contribution in [1.29, 1.82) is 0 Å². The Bertz CT molecular complexity index is 326. The minimum atomic E-state index is -0.264. The molecule has 1 aromatic rings. The molecule has 0 bridgehead atoms. The summed E-state index contributed by atoms with van der Waals surface area (Å²) in [5.74, 6) is 0.887. The number of rotatable bonds is 4. The third-order valence-corrected chi connectivity index (χ3v) is 3.56. The van der Waals surface area contributed by atoms with Gasteiger partial charge in [0.2, 0.25) is 0 Å². The van der Waals surface area contributed by atoms with E-state index in [1.165, 1.54) is 18.4 Å². The molecule has 3 N–H and O–H groups in total. The SMILES string of the molecule is CC1CC(NCC(C)(N)c2ccccc2)C1. The molecule has 16 heavy (non-hydrogen) atoms. The van der Waals surface area contributed by atoms with Crippen molar-refractivity contribution in [3.05, 3.63) is 35.9 Å². The van der Waals surface area contributed by atoms with Crippen LogP contribution >= 0.6 is 0 Å². The van der Waals surface area contributed by atoms with Crippen molar-refractivity contribution in [2.45, 2.75) is 38.3 Å². The predicted molar refractivity (Wildman–Crippen MR) is 68.2 cm³/mol. The normalized spacial score (nSPS) is 28.2. The summed E-state index contributed by atoms with van der Waals surface area (Å²) < 4.78 is 0. The van der Waals surface area contributed by atoms with Crippen LogP contribution in [0.1, 0.15) is 32.3 Å². The molecule has 1 atom stereocenters. The van der Waals surface area contributed by atoms with Crippen LogP contribution in [0.3, 0.4) is 0 Å². The Morgan fingerprint density at radius 3 is 2.50 bits per heavy atom. The lowest BCUT2D eigenvalue weighted by Gasteiger charge is -2.36.